The van der Waals surface area contributed by atoms with Crippen molar-refractivity contribution in [3.05, 3.63) is 17.1 Å². The van der Waals surface area contributed by atoms with Crippen LogP contribution in [0.2, 0.25) is 0 Å². The fourth-order valence-corrected chi connectivity index (χ4v) is 7.64. The van der Waals surface area contributed by atoms with Gasteiger partial charge in [0.2, 0.25) is 0 Å². The maximum Gasteiger partial charge on any atom is 0.387 e. The Balaban J connectivity index is 2.28. The largest absolute Gasteiger partial charge is 0.459 e. The predicted molar refractivity (Wildman–Crippen MR) is 171 cm³/mol. The molecule has 14 atom stereocenters. The monoisotopic (exact) mass is 672 g/mol. The van der Waals surface area contributed by atoms with Crippen LogP contribution >= 0.6 is 0 Å². The van der Waals surface area contributed by atoms with Gasteiger partial charge in [-0.2, -0.15) is 0 Å². The number of cyclic esters (lactones) is 1. The Bertz CT molecular complexity index is 1150. The van der Waals surface area contributed by atoms with E-state index >= 15 is 0 Å². The molecule has 3 fully saturated rings. The van der Waals surface area contributed by atoms with Crippen LogP contribution in [-0.2, 0) is 28.5 Å². The molecule has 14 nitrogen and oxygen atoms in total. The van der Waals surface area contributed by atoms with Crippen molar-refractivity contribution in [2.75, 3.05) is 27.3 Å². The average molecular weight is 673 g/mol. The van der Waals surface area contributed by atoms with Gasteiger partial charge in [-0.15, -0.1) is 0 Å². The van der Waals surface area contributed by atoms with Crippen molar-refractivity contribution >= 4 is 11.7 Å². The summed E-state index contributed by atoms with van der Waals surface area (Å²) in [6.45, 7) is 17.8. The molecule has 3 saturated heterocycles. The zero-order valence-corrected chi connectivity index (χ0v) is 29.7. The van der Waals surface area contributed by atoms with Crippen molar-refractivity contribution in [2.24, 2.45) is 28.8 Å². The summed E-state index contributed by atoms with van der Waals surface area (Å²) in [5, 5.41) is 48.4. The van der Waals surface area contributed by atoms with Gasteiger partial charge in [0.1, 0.15) is 28.4 Å². The number of nitrogens with zero attached hydrogens (tertiary/aromatic N) is 3. The number of hydrogen-bond donors (Lipinski definition) is 4. The molecule has 0 aromatic carbocycles. The fourth-order valence-electron chi connectivity index (χ4n) is 7.64. The van der Waals surface area contributed by atoms with Crippen molar-refractivity contribution in [3.8, 4) is 0 Å². The minimum Gasteiger partial charge on any atom is -0.459 e. The van der Waals surface area contributed by atoms with Crippen molar-refractivity contribution in [1.82, 2.24) is 4.90 Å². The topological polar surface area (TPSA) is 180 Å². The van der Waals surface area contributed by atoms with Gasteiger partial charge in [-0.05, 0) is 66.6 Å². The van der Waals surface area contributed by atoms with E-state index in [0.29, 0.717) is 12.0 Å². The molecule has 2 bridgehead atoms. The molecule has 3 aliphatic heterocycles. The van der Waals surface area contributed by atoms with E-state index in [2.05, 4.69) is 11.7 Å². The number of aliphatic hydroxyl groups is 3. The van der Waals surface area contributed by atoms with E-state index in [1.807, 2.05) is 25.9 Å². The summed E-state index contributed by atoms with van der Waals surface area (Å²) in [7, 11) is 3.73. The quantitative estimate of drug-likeness (QED) is 0.191. The van der Waals surface area contributed by atoms with Crippen LogP contribution in [0.4, 0.5) is 0 Å². The maximum absolute atomic E-state index is 13.6. The third-order valence-electron chi connectivity index (χ3n) is 10.3. The van der Waals surface area contributed by atoms with Gasteiger partial charge in [0.25, 0.3) is 0 Å². The number of ether oxygens (including phenoxy) is 5. The van der Waals surface area contributed by atoms with E-state index in [4.69, 9.17) is 23.7 Å². The van der Waals surface area contributed by atoms with E-state index in [1.165, 1.54) is 6.92 Å². The van der Waals surface area contributed by atoms with Crippen molar-refractivity contribution in [1.29, 1.82) is 0 Å². The van der Waals surface area contributed by atoms with Crippen LogP contribution in [0.5, 0.6) is 0 Å². The smallest absolute Gasteiger partial charge is 0.387 e. The summed E-state index contributed by atoms with van der Waals surface area (Å²) >= 11 is 0. The highest BCUT2D eigenvalue weighted by atomic mass is 16.7. The van der Waals surface area contributed by atoms with E-state index in [-0.39, 0.29) is 43.9 Å². The number of hydrogen-bond acceptors (Lipinski definition) is 11. The van der Waals surface area contributed by atoms with Gasteiger partial charge in [0, 0.05) is 23.8 Å². The molecule has 0 spiro atoms. The van der Waals surface area contributed by atoms with Gasteiger partial charge in [-0.3, -0.25) is 4.79 Å². The summed E-state index contributed by atoms with van der Waals surface area (Å²) in [5.41, 5.74) is -2.36. The molecule has 14 heteroatoms. The number of esters is 1. The normalized spacial score (nSPS) is 45.5. The molecule has 3 heterocycles. The SMILES string of the molecule is C=C1CO[C@@H]2[C@@H](C)/C(=N/[N+](=O)O)[C@H](C)C[C@@](C)(OC1)[C@H](O[C@@H]1O[C@H](C)C[C@H](N(C)C)[C@H]1O)[C@@H](C)[C@H](O)[C@@H](C)C(=O)O[C@H](CC)[C@@]2(C)O. The third kappa shape index (κ3) is 8.77. The van der Waals surface area contributed by atoms with Crippen LogP contribution in [0.1, 0.15) is 74.7 Å². The molecule has 0 aromatic heterocycles. The summed E-state index contributed by atoms with van der Waals surface area (Å²) in [6, 6.07) is -0.281. The van der Waals surface area contributed by atoms with Gasteiger partial charge in [-0.25, -0.2) is 5.21 Å². The Labute approximate surface area is 278 Å². The first-order chi connectivity index (χ1) is 21.7. The zero-order chi connectivity index (χ0) is 35.6. The summed E-state index contributed by atoms with van der Waals surface area (Å²) < 4.78 is 31.6. The lowest BCUT2D eigenvalue weighted by Crippen LogP contribution is -2.60. The summed E-state index contributed by atoms with van der Waals surface area (Å²) in [6.07, 6.45) is -5.99. The second kappa shape index (κ2) is 15.7. The molecule has 0 aromatic rings. The lowest BCUT2D eigenvalue weighted by Gasteiger charge is -2.48. The van der Waals surface area contributed by atoms with Gasteiger partial charge in [0.15, 0.2) is 6.29 Å². The number of carbonyl (C=O) groups is 1. The maximum atomic E-state index is 13.6. The molecule has 47 heavy (non-hydrogen) atoms. The van der Waals surface area contributed by atoms with Crippen LogP contribution in [0.25, 0.3) is 0 Å². The minimum absolute atomic E-state index is 0.00227. The number of likely N-dealkylation sites (N-methyl/N-ethyl adjacent to an activating group) is 1. The molecule has 0 amide bonds. The van der Waals surface area contributed by atoms with Crippen molar-refractivity contribution < 1.29 is 54.0 Å². The van der Waals surface area contributed by atoms with E-state index in [1.54, 1.807) is 41.5 Å². The standard InChI is InChI=1S/C33H58N3O11/c1-12-24-33(9,40)29-20(5)25(34-36(41)42)18(3)14-32(8,44-16-17(2)15-43-29)28(21(6)26(37)22(7)30(39)46-24)47-31-27(38)23(35(10)11)13-19(4)45-31/h18-24,26-29,31,37-38,40H,2,12-16H2,1,3-11H3,(H,41,42)/q+1/b34-25+/t18-,19-,20+,21+,22-,23+,24-,26+,27-,28-,29-,31+,32-,33-/m1/s1. The van der Waals surface area contributed by atoms with Gasteiger partial charge in [-0.1, -0.05) is 34.3 Å². The van der Waals surface area contributed by atoms with Crippen molar-refractivity contribution in [2.45, 2.75) is 135 Å². The lowest BCUT2D eigenvalue weighted by molar-refractivity contribution is -0.796. The molecular weight excluding hydrogens is 614 g/mol. The van der Waals surface area contributed by atoms with Crippen LogP contribution in [-0.4, -0.2) is 130 Å². The number of carbonyl (C=O) groups excluding carboxylic acids is 1. The minimum atomic E-state index is -1.80. The number of fused-ring (bicyclic) bond motifs is 5. The Kier molecular flexibility index (Phi) is 13.1. The average Bonchev–Trinajstić information content (AvgIpc) is 3.00. The number of aliphatic hydroxyl groups excluding tert-OH is 2. The third-order valence-corrected chi connectivity index (χ3v) is 10.3. The van der Waals surface area contributed by atoms with Crippen LogP contribution in [0, 0.1) is 28.6 Å². The van der Waals surface area contributed by atoms with Crippen molar-refractivity contribution in [3.63, 3.8) is 0 Å². The highest BCUT2D eigenvalue weighted by Gasteiger charge is 2.53. The molecule has 0 saturated carbocycles. The predicted octanol–water partition coefficient (Wildman–Crippen LogP) is 2.43. The van der Waals surface area contributed by atoms with E-state index in [9.17, 15) is 30.2 Å². The lowest BCUT2D eigenvalue weighted by atomic mass is 9.73. The highest BCUT2D eigenvalue weighted by molar-refractivity contribution is 5.88. The second-order valence-corrected chi connectivity index (χ2v) is 14.6. The first-order valence-electron chi connectivity index (χ1n) is 16.7. The van der Waals surface area contributed by atoms with Crippen LogP contribution < -0.4 is 0 Å². The molecule has 270 valence electrons. The second-order valence-electron chi connectivity index (χ2n) is 14.6. The van der Waals surface area contributed by atoms with Crippen LogP contribution in [0.3, 0.4) is 0 Å². The van der Waals surface area contributed by atoms with E-state index < -0.39 is 82.7 Å². The van der Waals surface area contributed by atoms with E-state index in [0.717, 1.165) is 0 Å². The van der Waals surface area contributed by atoms with Gasteiger partial charge >= 0.3 is 11.0 Å². The molecule has 0 radical (unpaired) electrons. The Hall–Kier alpha value is -2.04. The zero-order valence-electron chi connectivity index (χ0n) is 29.7. The van der Waals surface area contributed by atoms with Gasteiger partial charge < -0.3 is 43.9 Å². The first-order valence-corrected chi connectivity index (χ1v) is 16.7. The fraction of sp³-hybridized carbons (Fsp3) is 0.879. The van der Waals surface area contributed by atoms with Crippen LogP contribution in [0.15, 0.2) is 17.3 Å². The molecule has 3 rings (SSSR count). The summed E-state index contributed by atoms with van der Waals surface area (Å²) in [5.74, 6) is -3.96. The number of hydrazone groups is 1. The Morgan fingerprint density at radius 2 is 1.72 bits per heavy atom. The molecule has 0 aliphatic carbocycles. The molecule has 3 aliphatic rings. The first kappa shape index (κ1) is 39.4. The molecular formula is C33H58N3O11+. The molecule has 0 unspecified atom stereocenters. The van der Waals surface area contributed by atoms with Gasteiger partial charge in [0.05, 0.1) is 54.2 Å². The Morgan fingerprint density at radius 3 is 2.30 bits per heavy atom. The highest BCUT2D eigenvalue weighted by Crippen LogP contribution is 2.41. The Morgan fingerprint density at radius 1 is 1.09 bits per heavy atom. The molecule has 4 N–H and O–H groups in total. The number of rotatable bonds is 5. The summed E-state index contributed by atoms with van der Waals surface area (Å²) in [4.78, 5) is 27.6.